The van der Waals surface area contributed by atoms with Gasteiger partial charge < -0.3 is 5.32 Å². The maximum absolute atomic E-state index is 12.3. The fourth-order valence-corrected chi connectivity index (χ4v) is 3.58. The topological polar surface area (TPSA) is 84.7 Å². The number of para-hydroxylation sites is 1. The molecule has 3 aromatic rings. The van der Waals surface area contributed by atoms with Crippen molar-refractivity contribution < 1.29 is 4.79 Å². The highest BCUT2D eigenvalue weighted by Gasteiger charge is 2.19. The van der Waals surface area contributed by atoms with Gasteiger partial charge in [-0.3, -0.25) is 10.1 Å². The Hall–Kier alpha value is -2.03. The number of amides is 1. The molecule has 1 amide bonds. The number of benzene rings is 1. The smallest absolute Gasteiger partial charge is 0.279 e. The number of fused-ring (bicyclic) bond motifs is 1. The van der Waals surface area contributed by atoms with Gasteiger partial charge in [0.2, 0.25) is 0 Å². The highest BCUT2D eigenvalue weighted by Crippen LogP contribution is 2.25. The summed E-state index contributed by atoms with van der Waals surface area (Å²) in [6.07, 6.45) is 3.73. The minimum Gasteiger partial charge on any atom is -0.317 e. The number of nitrogens with zero attached hydrogens (tertiary/aromatic N) is 4. The van der Waals surface area contributed by atoms with E-state index < -0.39 is 0 Å². The van der Waals surface area contributed by atoms with Gasteiger partial charge in [0.05, 0.1) is 22.5 Å². The number of aromatic nitrogens is 4. The van der Waals surface area contributed by atoms with Gasteiger partial charge in [0.1, 0.15) is 0 Å². The molecule has 0 unspecified atom stereocenters. The summed E-state index contributed by atoms with van der Waals surface area (Å²) in [6.45, 7) is 1.94. The van der Waals surface area contributed by atoms with Crippen LogP contribution in [0, 0.1) is 0 Å². The number of carbonyl (C=O) groups is 1. The molecule has 3 heterocycles. The van der Waals surface area contributed by atoms with Crippen LogP contribution in [0.3, 0.4) is 0 Å². The molecule has 1 fully saturated rings. The normalized spacial score (nSPS) is 15.2. The van der Waals surface area contributed by atoms with Crippen LogP contribution in [0.25, 0.3) is 10.2 Å². The highest BCUT2D eigenvalue weighted by atomic mass is 35.5. The zero-order chi connectivity index (χ0) is 15.6. The first-order valence-corrected chi connectivity index (χ1v) is 8.41. The number of halogens is 1. The highest BCUT2D eigenvalue weighted by molar-refractivity contribution is 7.22. The summed E-state index contributed by atoms with van der Waals surface area (Å²) in [7, 11) is 0. The fraction of sp³-hybridized carbons (Fsp3) is 0.333. The zero-order valence-electron chi connectivity index (χ0n) is 12.8. The van der Waals surface area contributed by atoms with Crippen molar-refractivity contribution in [1.82, 2.24) is 25.3 Å². The molecule has 24 heavy (non-hydrogen) atoms. The molecule has 0 saturated carbocycles. The SMILES string of the molecule is Cl.O=C(Nc1nc2ccccc2s1)c1cn(C2CCNCC2)nn1. The molecular formula is C15H17ClN6OS. The third-order valence-electron chi connectivity index (χ3n) is 3.94. The Bertz CT molecular complexity index is 808. The first-order valence-electron chi connectivity index (χ1n) is 7.59. The number of hydrogen-bond acceptors (Lipinski definition) is 6. The number of thiazole rings is 1. The lowest BCUT2D eigenvalue weighted by Gasteiger charge is -2.21. The van der Waals surface area contributed by atoms with Crippen molar-refractivity contribution in [2.24, 2.45) is 0 Å². The van der Waals surface area contributed by atoms with E-state index in [1.165, 1.54) is 11.3 Å². The van der Waals surface area contributed by atoms with Crippen LogP contribution in [0.1, 0.15) is 29.4 Å². The van der Waals surface area contributed by atoms with Crippen LogP contribution in [0.5, 0.6) is 0 Å². The van der Waals surface area contributed by atoms with E-state index in [1.807, 2.05) is 24.3 Å². The van der Waals surface area contributed by atoms with Crippen molar-refractivity contribution in [2.45, 2.75) is 18.9 Å². The summed E-state index contributed by atoms with van der Waals surface area (Å²) in [5.74, 6) is -0.274. The van der Waals surface area contributed by atoms with E-state index in [9.17, 15) is 4.79 Å². The van der Waals surface area contributed by atoms with E-state index in [0.717, 1.165) is 36.1 Å². The van der Waals surface area contributed by atoms with Gasteiger partial charge in [-0.1, -0.05) is 28.7 Å². The first-order chi connectivity index (χ1) is 11.3. The van der Waals surface area contributed by atoms with Crippen molar-refractivity contribution >= 4 is 45.0 Å². The molecule has 0 radical (unpaired) electrons. The van der Waals surface area contributed by atoms with E-state index >= 15 is 0 Å². The third-order valence-corrected chi connectivity index (χ3v) is 4.89. The second kappa shape index (κ2) is 7.25. The maximum Gasteiger partial charge on any atom is 0.279 e. The van der Waals surface area contributed by atoms with Gasteiger partial charge >= 0.3 is 0 Å². The fourth-order valence-electron chi connectivity index (χ4n) is 2.72. The number of nitrogens with one attached hydrogen (secondary N) is 2. The predicted octanol–water partition coefficient (Wildman–Crippen LogP) is 2.49. The van der Waals surface area contributed by atoms with Crippen molar-refractivity contribution in [1.29, 1.82) is 0 Å². The lowest BCUT2D eigenvalue weighted by atomic mass is 10.1. The average Bonchev–Trinajstić information content (AvgIpc) is 3.22. The third kappa shape index (κ3) is 3.40. The van der Waals surface area contributed by atoms with Crippen LogP contribution in [0.2, 0.25) is 0 Å². The van der Waals surface area contributed by atoms with E-state index in [4.69, 9.17) is 0 Å². The van der Waals surface area contributed by atoms with Crippen LogP contribution < -0.4 is 10.6 Å². The summed E-state index contributed by atoms with van der Waals surface area (Å²) < 4.78 is 2.84. The van der Waals surface area contributed by atoms with Crippen LogP contribution >= 0.6 is 23.7 Å². The van der Waals surface area contributed by atoms with Crippen molar-refractivity contribution in [3.05, 3.63) is 36.2 Å². The summed E-state index contributed by atoms with van der Waals surface area (Å²) in [5, 5.41) is 14.8. The molecule has 4 rings (SSSR count). The second-order valence-electron chi connectivity index (χ2n) is 5.51. The molecule has 0 bridgehead atoms. The van der Waals surface area contributed by atoms with Crippen LogP contribution in [-0.2, 0) is 0 Å². The van der Waals surface area contributed by atoms with E-state index in [0.29, 0.717) is 16.9 Å². The molecule has 1 aromatic carbocycles. The van der Waals surface area contributed by atoms with Crippen molar-refractivity contribution in [3.8, 4) is 0 Å². The number of anilines is 1. The molecule has 1 aliphatic heterocycles. The number of rotatable bonds is 3. The van der Waals surface area contributed by atoms with Gasteiger partial charge in [-0.25, -0.2) is 9.67 Å². The van der Waals surface area contributed by atoms with Crippen molar-refractivity contribution in [3.63, 3.8) is 0 Å². The summed E-state index contributed by atoms with van der Waals surface area (Å²) in [6, 6.07) is 8.10. The number of piperidine rings is 1. The Balaban J connectivity index is 0.00000169. The van der Waals surface area contributed by atoms with Gasteiger partial charge in [0, 0.05) is 0 Å². The molecule has 126 valence electrons. The van der Waals surface area contributed by atoms with Crippen LogP contribution in [-0.4, -0.2) is 39.0 Å². The van der Waals surface area contributed by atoms with Gasteiger partial charge in [-0.15, -0.1) is 17.5 Å². The second-order valence-corrected chi connectivity index (χ2v) is 6.54. The average molecular weight is 365 g/mol. The molecule has 0 atom stereocenters. The Morgan fingerprint density at radius 3 is 2.88 bits per heavy atom. The quantitative estimate of drug-likeness (QED) is 0.745. The summed E-state index contributed by atoms with van der Waals surface area (Å²) in [5.41, 5.74) is 1.20. The largest absolute Gasteiger partial charge is 0.317 e. The molecule has 1 aliphatic rings. The maximum atomic E-state index is 12.3. The Morgan fingerprint density at radius 1 is 1.29 bits per heavy atom. The van der Waals surface area contributed by atoms with Gasteiger partial charge in [0.25, 0.3) is 5.91 Å². The molecule has 9 heteroatoms. The summed E-state index contributed by atoms with van der Waals surface area (Å²) in [4.78, 5) is 16.7. The van der Waals surface area contributed by atoms with E-state index in [1.54, 1.807) is 10.9 Å². The van der Waals surface area contributed by atoms with E-state index in [2.05, 4.69) is 25.9 Å². The Morgan fingerprint density at radius 2 is 2.08 bits per heavy atom. The number of hydrogen-bond donors (Lipinski definition) is 2. The minimum absolute atomic E-state index is 0. The summed E-state index contributed by atoms with van der Waals surface area (Å²) >= 11 is 1.45. The van der Waals surface area contributed by atoms with Gasteiger partial charge in [-0.2, -0.15) is 0 Å². The molecule has 2 aromatic heterocycles. The standard InChI is InChI=1S/C15H16N6OS.ClH/c22-14(18-15-17-11-3-1-2-4-13(11)23-15)12-9-21(20-19-12)10-5-7-16-8-6-10;/h1-4,9-10,16H,5-8H2,(H,17,18,22);1H. The molecule has 0 spiro atoms. The molecule has 0 aliphatic carbocycles. The zero-order valence-corrected chi connectivity index (χ0v) is 14.4. The Kier molecular flexibility index (Phi) is 5.08. The van der Waals surface area contributed by atoms with Gasteiger partial charge in [0.15, 0.2) is 10.8 Å². The van der Waals surface area contributed by atoms with Crippen LogP contribution in [0.4, 0.5) is 5.13 Å². The van der Waals surface area contributed by atoms with Crippen LogP contribution in [0.15, 0.2) is 30.5 Å². The minimum atomic E-state index is -0.274. The molecule has 7 nitrogen and oxygen atoms in total. The molecular weight excluding hydrogens is 348 g/mol. The van der Waals surface area contributed by atoms with Gasteiger partial charge in [-0.05, 0) is 38.1 Å². The van der Waals surface area contributed by atoms with E-state index in [-0.39, 0.29) is 18.3 Å². The first kappa shape index (κ1) is 16.8. The lowest BCUT2D eigenvalue weighted by Crippen LogP contribution is -2.29. The monoisotopic (exact) mass is 364 g/mol. The molecule has 2 N–H and O–H groups in total. The van der Waals surface area contributed by atoms with Crippen molar-refractivity contribution in [2.75, 3.05) is 18.4 Å². The lowest BCUT2D eigenvalue weighted by molar-refractivity contribution is 0.102. The number of carbonyl (C=O) groups excluding carboxylic acids is 1. The molecule has 1 saturated heterocycles. The predicted molar refractivity (Wildman–Crippen MR) is 96.0 cm³/mol. The Labute approximate surface area is 148 Å².